The summed E-state index contributed by atoms with van der Waals surface area (Å²) in [7, 11) is 0. The van der Waals surface area contributed by atoms with Gasteiger partial charge in [0.05, 0.1) is 18.6 Å². The molecule has 0 bridgehead atoms. The maximum absolute atomic E-state index is 11.5. The van der Waals surface area contributed by atoms with Crippen LogP contribution in [-0.2, 0) is 19.1 Å². The fourth-order valence-corrected chi connectivity index (χ4v) is 2.20. The van der Waals surface area contributed by atoms with Gasteiger partial charge in [0.1, 0.15) is 12.4 Å². The monoisotopic (exact) mass is 241 g/mol. The molecule has 17 heavy (non-hydrogen) atoms. The van der Waals surface area contributed by atoms with Crippen LogP contribution in [0.25, 0.3) is 0 Å². The van der Waals surface area contributed by atoms with Gasteiger partial charge in [-0.1, -0.05) is 0 Å². The molecular formula is C12H19NO4. The molecule has 2 saturated heterocycles. The molecule has 0 aromatic heterocycles. The van der Waals surface area contributed by atoms with Gasteiger partial charge in [0.25, 0.3) is 0 Å². The SMILES string of the molecule is O=C(C[C@@H]1NCCCC1=O)OC[C@H]1CCCO1. The molecule has 0 aliphatic carbocycles. The first-order valence-corrected chi connectivity index (χ1v) is 6.29. The quantitative estimate of drug-likeness (QED) is 0.723. The summed E-state index contributed by atoms with van der Waals surface area (Å²) >= 11 is 0. The van der Waals surface area contributed by atoms with E-state index in [1.807, 2.05) is 0 Å². The molecule has 2 fully saturated rings. The van der Waals surface area contributed by atoms with Crippen molar-refractivity contribution in [3.05, 3.63) is 0 Å². The Morgan fingerprint density at radius 2 is 2.35 bits per heavy atom. The summed E-state index contributed by atoms with van der Waals surface area (Å²) in [5.41, 5.74) is 0. The van der Waals surface area contributed by atoms with Gasteiger partial charge >= 0.3 is 5.97 Å². The van der Waals surface area contributed by atoms with Crippen LogP contribution in [0.2, 0.25) is 0 Å². The van der Waals surface area contributed by atoms with Crippen LogP contribution in [0.5, 0.6) is 0 Å². The van der Waals surface area contributed by atoms with Gasteiger partial charge in [0.2, 0.25) is 0 Å². The third-order valence-electron chi connectivity index (χ3n) is 3.20. The highest BCUT2D eigenvalue weighted by Gasteiger charge is 2.25. The molecule has 0 amide bonds. The highest BCUT2D eigenvalue weighted by atomic mass is 16.6. The van der Waals surface area contributed by atoms with Crippen molar-refractivity contribution in [1.29, 1.82) is 0 Å². The molecular weight excluding hydrogens is 222 g/mol. The van der Waals surface area contributed by atoms with Gasteiger partial charge in [-0.15, -0.1) is 0 Å². The van der Waals surface area contributed by atoms with Crippen molar-refractivity contribution >= 4 is 11.8 Å². The van der Waals surface area contributed by atoms with Crippen molar-refractivity contribution in [1.82, 2.24) is 5.32 Å². The lowest BCUT2D eigenvalue weighted by Gasteiger charge is -2.21. The number of hydrogen-bond donors (Lipinski definition) is 1. The summed E-state index contributed by atoms with van der Waals surface area (Å²) in [6, 6.07) is -0.347. The second-order valence-corrected chi connectivity index (χ2v) is 4.60. The number of rotatable bonds is 4. The first-order chi connectivity index (χ1) is 8.25. The Kier molecular flexibility index (Phi) is 4.50. The molecule has 0 radical (unpaired) electrons. The van der Waals surface area contributed by atoms with Crippen molar-refractivity contribution in [3.8, 4) is 0 Å². The largest absolute Gasteiger partial charge is 0.463 e. The first kappa shape index (κ1) is 12.5. The van der Waals surface area contributed by atoms with Crippen molar-refractivity contribution in [2.45, 2.75) is 44.2 Å². The summed E-state index contributed by atoms with van der Waals surface area (Å²) in [6.07, 6.45) is 3.61. The Morgan fingerprint density at radius 3 is 3.06 bits per heavy atom. The van der Waals surface area contributed by atoms with Crippen molar-refractivity contribution in [2.24, 2.45) is 0 Å². The predicted molar refractivity (Wildman–Crippen MR) is 60.6 cm³/mol. The van der Waals surface area contributed by atoms with Gasteiger partial charge < -0.3 is 14.8 Å². The normalized spacial score (nSPS) is 29.3. The fraction of sp³-hybridized carbons (Fsp3) is 0.833. The minimum Gasteiger partial charge on any atom is -0.463 e. The summed E-state index contributed by atoms with van der Waals surface area (Å²) in [5.74, 6) is -0.196. The van der Waals surface area contributed by atoms with Crippen molar-refractivity contribution in [3.63, 3.8) is 0 Å². The van der Waals surface area contributed by atoms with Gasteiger partial charge in [-0.2, -0.15) is 0 Å². The average Bonchev–Trinajstić information content (AvgIpc) is 2.82. The molecule has 2 atom stereocenters. The van der Waals surface area contributed by atoms with Crippen molar-refractivity contribution in [2.75, 3.05) is 19.8 Å². The van der Waals surface area contributed by atoms with E-state index < -0.39 is 0 Å². The Balaban J connectivity index is 1.67. The molecule has 0 spiro atoms. The Hall–Kier alpha value is -0.940. The number of nitrogens with one attached hydrogen (secondary N) is 1. The fourth-order valence-electron chi connectivity index (χ4n) is 2.20. The molecule has 0 unspecified atom stereocenters. The van der Waals surface area contributed by atoms with Crippen LogP contribution in [0.3, 0.4) is 0 Å². The van der Waals surface area contributed by atoms with Crippen LogP contribution >= 0.6 is 0 Å². The Labute approximate surface area is 101 Å². The topological polar surface area (TPSA) is 64.6 Å². The molecule has 2 heterocycles. The Bertz CT molecular complexity index is 286. The van der Waals surface area contributed by atoms with Crippen LogP contribution < -0.4 is 5.32 Å². The van der Waals surface area contributed by atoms with Gasteiger partial charge in [0.15, 0.2) is 0 Å². The smallest absolute Gasteiger partial charge is 0.307 e. The number of ketones is 1. The second-order valence-electron chi connectivity index (χ2n) is 4.60. The number of ether oxygens (including phenoxy) is 2. The van der Waals surface area contributed by atoms with E-state index in [0.29, 0.717) is 13.0 Å². The molecule has 1 N–H and O–H groups in total. The maximum atomic E-state index is 11.5. The molecule has 2 aliphatic rings. The Morgan fingerprint density at radius 1 is 1.47 bits per heavy atom. The van der Waals surface area contributed by atoms with E-state index in [2.05, 4.69) is 5.32 Å². The lowest BCUT2D eigenvalue weighted by Crippen LogP contribution is -2.43. The molecule has 2 aliphatic heterocycles. The minimum absolute atomic E-state index is 0.0500. The summed E-state index contributed by atoms with van der Waals surface area (Å²) < 4.78 is 10.5. The van der Waals surface area contributed by atoms with E-state index in [0.717, 1.165) is 32.4 Å². The summed E-state index contributed by atoms with van der Waals surface area (Å²) in [4.78, 5) is 23.0. The van der Waals surface area contributed by atoms with E-state index in [1.165, 1.54) is 0 Å². The summed E-state index contributed by atoms with van der Waals surface area (Å²) in [5, 5.41) is 3.05. The summed E-state index contributed by atoms with van der Waals surface area (Å²) in [6.45, 7) is 1.88. The highest BCUT2D eigenvalue weighted by molar-refractivity contribution is 5.88. The third-order valence-corrected chi connectivity index (χ3v) is 3.20. The highest BCUT2D eigenvalue weighted by Crippen LogP contribution is 2.13. The second kappa shape index (κ2) is 6.12. The minimum atomic E-state index is -0.347. The molecule has 5 nitrogen and oxygen atoms in total. The number of esters is 1. The van der Waals surface area contributed by atoms with Gasteiger partial charge in [-0.3, -0.25) is 9.59 Å². The number of Topliss-reactive ketones (excluding diaryl/α,β-unsaturated/α-hetero) is 1. The molecule has 0 aromatic carbocycles. The zero-order chi connectivity index (χ0) is 12.1. The maximum Gasteiger partial charge on any atom is 0.307 e. The number of hydrogen-bond acceptors (Lipinski definition) is 5. The van der Waals surface area contributed by atoms with Gasteiger partial charge in [-0.25, -0.2) is 0 Å². The van der Waals surface area contributed by atoms with Crippen LogP contribution in [0.15, 0.2) is 0 Å². The van der Waals surface area contributed by atoms with E-state index in [9.17, 15) is 9.59 Å². The van der Waals surface area contributed by atoms with Crippen LogP contribution in [0, 0.1) is 0 Å². The molecule has 2 rings (SSSR count). The molecule has 0 saturated carbocycles. The first-order valence-electron chi connectivity index (χ1n) is 6.29. The molecule has 5 heteroatoms. The lowest BCUT2D eigenvalue weighted by atomic mass is 10.0. The third kappa shape index (κ3) is 3.78. The zero-order valence-electron chi connectivity index (χ0n) is 9.94. The molecule has 0 aromatic rings. The van der Waals surface area contributed by atoms with Gasteiger partial charge in [-0.05, 0) is 25.8 Å². The number of carbonyl (C=O) groups excluding carboxylic acids is 2. The van der Waals surface area contributed by atoms with E-state index in [1.54, 1.807) is 0 Å². The van der Waals surface area contributed by atoms with Crippen molar-refractivity contribution < 1.29 is 19.1 Å². The van der Waals surface area contributed by atoms with Crippen LogP contribution in [-0.4, -0.2) is 43.7 Å². The standard InChI is InChI=1S/C12H19NO4/c14-11-4-1-5-13-10(11)7-12(15)17-8-9-3-2-6-16-9/h9-10,13H,1-8H2/t9-,10+/m1/s1. The van der Waals surface area contributed by atoms with Crippen LogP contribution in [0.4, 0.5) is 0 Å². The predicted octanol–water partition coefficient (Wildman–Crippen LogP) is 0.420. The molecule has 96 valence electrons. The van der Waals surface area contributed by atoms with Gasteiger partial charge in [0, 0.05) is 13.0 Å². The zero-order valence-corrected chi connectivity index (χ0v) is 9.94. The van der Waals surface area contributed by atoms with E-state index >= 15 is 0 Å². The van der Waals surface area contributed by atoms with E-state index in [4.69, 9.17) is 9.47 Å². The number of piperidine rings is 1. The number of carbonyl (C=O) groups is 2. The lowest BCUT2D eigenvalue weighted by molar-refractivity contribution is -0.148. The average molecular weight is 241 g/mol. The van der Waals surface area contributed by atoms with E-state index in [-0.39, 0.29) is 30.3 Å². The van der Waals surface area contributed by atoms with Crippen LogP contribution in [0.1, 0.15) is 32.1 Å².